The molecule has 0 bridgehead atoms. The second-order valence-corrected chi connectivity index (χ2v) is 3.94. The SMILES string of the molecule is O=c1c2cn[nH]c2ncn1Cc1ccc(F)cc1. The van der Waals surface area contributed by atoms with Gasteiger partial charge in [-0.2, -0.15) is 5.10 Å². The van der Waals surface area contributed by atoms with E-state index in [0.717, 1.165) is 5.56 Å². The Labute approximate surface area is 101 Å². The van der Waals surface area contributed by atoms with Gasteiger partial charge in [0.1, 0.15) is 17.5 Å². The summed E-state index contributed by atoms with van der Waals surface area (Å²) in [5.41, 5.74) is 1.14. The van der Waals surface area contributed by atoms with Gasteiger partial charge in [0.15, 0.2) is 5.65 Å². The molecule has 2 heterocycles. The molecule has 0 saturated carbocycles. The second kappa shape index (κ2) is 4.06. The number of halogens is 1. The molecule has 6 heteroatoms. The number of hydrogen-bond acceptors (Lipinski definition) is 3. The number of aromatic amines is 1. The lowest BCUT2D eigenvalue weighted by Gasteiger charge is -2.04. The van der Waals surface area contributed by atoms with E-state index in [1.54, 1.807) is 12.1 Å². The summed E-state index contributed by atoms with van der Waals surface area (Å²) in [6.07, 6.45) is 2.90. The van der Waals surface area contributed by atoms with Gasteiger partial charge in [0, 0.05) is 0 Å². The standard InChI is InChI=1S/C12H9FN4O/c13-9-3-1-8(2-4-9)6-17-7-14-11-10(12(17)18)5-15-16-11/h1-5,7H,6H2,(H,15,16). The van der Waals surface area contributed by atoms with Gasteiger partial charge < -0.3 is 0 Å². The van der Waals surface area contributed by atoms with Gasteiger partial charge >= 0.3 is 0 Å². The highest BCUT2D eigenvalue weighted by Crippen LogP contribution is 2.05. The normalized spacial score (nSPS) is 10.9. The quantitative estimate of drug-likeness (QED) is 0.739. The average Bonchev–Trinajstić information content (AvgIpc) is 2.84. The predicted molar refractivity (Wildman–Crippen MR) is 63.7 cm³/mol. The largest absolute Gasteiger partial charge is 0.294 e. The van der Waals surface area contributed by atoms with Crippen molar-refractivity contribution in [2.75, 3.05) is 0 Å². The maximum absolute atomic E-state index is 12.8. The van der Waals surface area contributed by atoms with Gasteiger partial charge in [-0.15, -0.1) is 0 Å². The van der Waals surface area contributed by atoms with E-state index in [4.69, 9.17) is 0 Å². The highest BCUT2D eigenvalue weighted by atomic mass is 19.1. The number of hydrogen-bond donors (Lipinski definition) is 1. The number of benzene rings is 1. The van der Waals surface area contributed by atoms with Gasteiger partial charge in [-0.3, -0.25) is 14.5 Å². The molecule has 0 amide bonds. The van der Waals surface area contributed by atoms with E-state index >= 15 is 0 Å². The topological polar surface area (TPSA) is 63.6 Å². The summed E-state index contributed by atoms with van der Waals surface area (Å²) in [4.78, 5) is 16.1. The lowest BCUT2D eigenvalue weighted by atomic mass is 10.2. The van der Waals surface area contributed by atoms with Gasteiger partial charge in [-0.25, -0.2) is 9.37 Å². The van der Waals surface area contributed by atoms with Crippen molar-refractivity contribution in [1.82, 2.24) is 19.7 Å². The highest BCUT2D eigenvalue weighted by molar-refractivity contribution is 5.71. The van der Waals surface area contributed by atoms with Crippen LogP contribution in [0.2, 0.25) is 0 Å². The number of rotatable bonds is 2. The van der Waals surface area contributed by atoms with Crippen molar-refractivity contribution < 1.29 is 4.39 Å². The van der Waals surface area contributed by atoms with Crippen LogP contribution in [0.1, 0.15) is 5.56 Å². The third-order valence-corrected chi connectivity index (χ3v) is 2.70. The van der Waals surface area contributed by atoms with E-state index in [9.17, 15) is 9.18 Å². The van der Waals surface area contributed by atoms with E-state index in [1.807, 2.05) is 0 Å². The molecule has 0 radical (unpaired) electrons. The molecular weight excluding hydrogens is 235 g/mol. The lowest BCUT2D eigenvalue weighted by Crippen LogP contribution is -2.20. The summed E-state index contributed by atoms with van der Waals surface area (Å²) in [6.45, 7) is 0.354. The monoisotopic (exact) mass is 244 g/mol. The minimum absolute atomic E-state index is 0.168. The molecular formula is C12H9FN4O. The summed E-state index contributed by atoms with van der Waals surface area (Å²) in [6, 6.07) is 6.01. The van der Waals surface area contributed by atoms with Gasteiger partial charge in [0.25, 0.3) is 5.56 Å². The van der Waals surface area contributed by atoms with Crippen LogP contribution < -0.4 is 5.56 Å². The molecule has 90 valence electrons. The molecule has 1 aromatic carbocycles. The Morgan fingerprint density at radius 1 is 1.28 bits per heavy atom. The Hall–Kier alpha value is -2.50. The summed E-state index contributed by atoms with van der Waals surface area (Å²) < 4.78 is 14.2. The predicted octanol–water partition coefficient (Wildman–Crippen LogP) is 1.31. The number of aromatic nitrogens is 4. The third-order valence-electron chi connectivity index (χ3n) is 2.70. The first-order valence-electron chi connectivity index (χ1n) is 5.37. The van der Waals surface area contributed by atoms with Crippen LogP contribution in [0.4, 0.5) is 4.39 Å². The number of H-pyrrole nitrogens is 1. The minimum Gasteiger partial charge on any atom is -0.294 e. The van der Waals surface area contributed by atoms with Gasteiger partial charge in [-0.1, -0.05) is 12.1 Å². The molecule has 0 aliphatic heterocycles. The number of fused-ring (bicyclic) bond motifs is 1. The molecule has 1 N–H and O–H groups in total. The van der Waals surface area contributed by atoms with Crippen LogP contribution >= 0.6 is 0 Å². The van der Waals surface area contributed by atoms with Crippen LogP contribution in [0.15, 0.2) is 41.6 Å². The maximum atomic E-state index is 12.8. The van der Waals surface area contributed by atoms with Gasteiger partial charge in [0.05, 0.1) is 12.7 Å². The fraction of sp³-hybridized carbons (Fsp3) is 0.0833. The van der Waals surface area contributed by atoms with Crippen molar-refractivity contribution in [3.05, 3.63) is 58.5 Å². The zero-order valence-electron chi connectivity index (χ0n) is 9.30. The summed E-state index contributed by atoms with van der Waals surface area (Å²) in [7, 11) is 0. The molecule has 3 rings (SSSR count). The maximum Gasteiger partial charge on any atom is 0.264 e. The van der Waals surface area contributed by atoms with E-state index in [-0.39, 0.29) is 11.4 Å². The van der Waals surface area contributed by atoms with Crippen molar-refractivity contribution >= 4 is 11.0 Å². The Bertz CT molecular complexity index is 745. The van der Waals surface area contributed by atoms with Crippen molar-refractivity contribution in [2.24, 2.45) is 0 Å². The molecule has 2 aromatic heterocycles. The van der Waals surface area contributed by atoms with Crippen LogP contribution in [0.5, 0.6) is 0 Å². The number of nitrogens with zero attached hydrogens (tertiary/aromatic N) is 3. The molecule has 5 nitrogen and oxygen atoms in total. The summed E-state index contributed by atoms with van der Waals surface area (Å²) in [5.74, 6) is -0.297. The molecule has 0 spiro atoms. The van der Waals surface area contributed by atoms with Gasteiger partial charge in [-0.05, 0) is 17.7 Å². The molecule has 3 aromatic rings. The smallest absolute Gasteiger partial charge is 0.264 e. The molecule has 0 unspecified atom stereocenters. The first kappa shape index (κ1) is 10.6. The van der Waals surface area contributed by atoms with Crippen molar-refractivity contribution in [2.45, 2.75) is 6.54 Å². The van der Waals surface area contributed by atoms with Crippen LogP contribution in [0, 0.1) is 5.82 Å². The third kappa shape index (κ3) is 1.77. The average molecular weight is 244 g/mol. The Kier molecular flexibility index (Phi) is 2.40. The molecule has 18 heavy (non-hydrogen) atoms. The molecule has 0 aliphatic rings. The summed E-state index contributed by atoms with van der Waals surface area (Å²) >= 11 is 0. The van der Waals surface area contributed by atoms with Crippen LogP contribution in [0.3, 0.4) is 0 Å². The second-order valence-electron chi connectivity index (χ2n) is 3.94. The summed E-state index contributed by atoms with van der Waals surface area (Å²) in [5, 5.41) is 6.85. The minimum atomic E-state index is -0.297. The highest BCUT2D eigenvalue weighted by Gasteiger charge is 2.05. The fourth-order valence-corrected chi connectivity index (χ4v) is 1.77. The van der Waals surface area contributed by atoms with E-state index in [1.165, 1.54) is 29.2 Å². The Morgan fingerprint density at radius 3 is 2.83 bits per heavy atom. The van der Waals surface area contributed by atoms with Gasteiger partial charge in [0.2, 0.25) is 0 Å². The van der Waals surface area contributed by atoms with Crippen molar-refractivity contribution in [3.8, 4) is 0 Å². The van der Waals surface area contributed by atoms with E-state index < -0.39 is 0 Å². The Balaban J connectivity index is 2.02. The molecule has 0 fully saturated rings. The lowest BCUT2D eigenvalue weighted by molar-refractivity contribution is 0.626. The first-order chi connectivity index (χ1) is 8.74. The first-order valence-corrected chi connectivity index (χ1v) is 5.37. The van der Waals surface area contributed by atoms with Crippen LogP contribution in [0.25, 0.3) is 11.0 Å². The van der Waals surface area contributed by atoms with E-state index in [0.29, 0.717) is 17.6 Å². The zero-order valence-corrected chi connectivity index (χ0v) is 9.30. The van der Waals surface area contributed by atoms with Crippen molar-refractivity contribution in [3.63, 3.8) is 0 Å². The van der Waals surface area contributed by atoms with Crippen LogP contribution in [-0.4, -0.2) is 19.7 Å². The number of nitrogens with one attached hydrogen (secondary N) is 1. The van der Waals surface area contributed by atoms with Crippen LogP contribution in [-0.2, 0) is 6.54 Å². The zero-order chi connectivity index (χ0) is 12.5. The molecule has 0 aliphatic carbocycles. The van der Waals surface area contributed by atoms with Crippen molar-refractivity contribution in [1.29, 1.82) is 0 Å². The fourth-order valence-electron chi connectivity index (χ4n) is 1.77. The van der Waals surface area contributed by atoms with E-state index in [2.05, 4.69) is 15.2 Å². The molecule has 0 saturated heterocycles. The Morgan fingerprint density at radius 2 is 2.06 bits per heavy atom. The molecule has 0 atom stereocenters.